The second-order valence-corrected chi connectivity index (χ2v) is 3.60. The molecule has 0 aromatic carbocycles. The van der Waals surface area contributed by atoms with Crippen molar-refractivity contribution < 1.29 is 9.21 Å². The van der Waals surface area contributed by atoms with Gasteiger partial charge >= 0.3 is 0 Å². The van der Waals surface area contributed by atoms with Crippen molar-refractivity contribution in [3.8, 4) is 0 Å². The van der Waals surface area contributed by atoms with Crippen molar-refractivity contribution in [3.05, 3.63) is 35.5 Å². The first-order chi connectivity index (χ1) is 7.74. The Morgan fingerprint density at radius 3 is 3.00 bits per heavy atom. The number of ketones is 1. The number of carbonyl (C=O) groups excluding carboxylic acids is 1. The van der Waals surface area contributed by atoms with Crippen molar-refractivity contribution >= 4 is 5.78 Å². The minimum atomic E-state index is -0.166. The van der Waals surface area contributed by atoms with Crippen molar-refractivity contribution in [2.45, 2.75) is 26.8 Å². The molecule has 2 rings (SSSR count). The van der Waals surface area contributed by atoms with Gasteiger partial charge in [0.1, 0.15) is 5.69 Å². The van der Waals surface area contributed by atoms with Gasteiger partial charge in [-0.15, -0.1) is 5.10 Å². The molecule has 16 heavy (non-hydrogen) atoms. The monoisotopic (exact) mass is 219 g/mol. The molecule has 0 N–H and O–H groups in total. The van der Waals surface area contributed by atoms with Gasteiger partial charge in [0.05, 0.1) is 12.5 Å². The number of hydrogen-bond acceptors (Lipinski definition) is 4. The highest BCUT2D eigenvalue weighted by atomic mass is 16.3. The van der Waals surface area contributed by atoms with E-state index in [9.17, 15) is 4.79 Å². The van der Waals surface area contributed by atoms with E-state index in [0.717, 1.165) is 12.0 Å². The Morgan fingerprint density at radius 1 is 1.56 bits per heavy atom. The topological polar surface area (TPSA) is 60.9 Å². The summed E-state index contributed by atoms with van der Waals surface area (Å²) in [5.41, 5.74) is 1.30. The molecule has 0 fully saturated rings. The van der Waals surface area contributed by atoms with Crippen LogP contribution in [0.2, 0.25) is 0 Å². The third-order valence-corrected chi connectivity index (χ3v) is 2.35. The predicted molar refractivity (Wildman–Crippen MR) is 57.2 cm³/mol. The Kier molecular flexibility index (Phi) is 2.85. The van der Waals surface area contributed by atoms with E-state index in [1.54, 1.807) is 10.7 Å². The van der Waals surface area contributed by atoms with Crippen molar-refractivity contribution in [1.29, 1.82) is 0 Å². The van der Waals surface area contributed by atoms with Crippen LogP contribution in [-0.4, -0.2) is 20.8 Å². The summed E-state index contributed by atoms with van der Waals surface area (Å²) in [5.74, 6) is 0.195. The molecule has 2 aromatic heterocycles. The van der Waals surface area contributed by atoms with Crippen LogP contribution in [0.3, 0.4) is 0 Å². The van der Waals surface area contributed by atoms with Gasteiger partial charge in [-0.05, 0) is 25.0 Å². The second-order valence-electron chi connectivity index (χ2n) is 3.60. The fourth-order valence-electron chi connectivity index (χ4n) is 1.53. The fourth-order valence-corrected chi connectivity index (χ4v) is 1.53. The number of aryl methyl sites for hydroxylation is 2. The van der Waals surface area contributed by atoms with E-state index < -0.39 is 0 Å². The lowest BCUT2D eigenvalue weighted by Crippen LogP contribution is -2.11. The highest BCUT2D eigenvalue weighted by Gasteiger charge is 2.19. The summed E-state index contributed by atoms with van der Waals surface area (Å²) in [6, 6.07) is 1.77. The Bertz CT molecular complexity index is 499. The summed E-state index contributed by atoms with van der Waals surface area (Å²) in [5, 5.41) is 7.62. The fraction of sp³-hybridized carbons (Fsp3) is 0.364. The zero-order valence-electron chi connectivity index (χ0n) is 9.30. The van der Waals surface area contributed by atoms with Gasteiger partial charge in [-0.25, -0.2) is 4.68 Å². The van der Waals surface area contributed by atoms with Crippen LogP contribution in [0.25, 0.3) is 0 Å². The zero-order valence-corrected chi connectivity index (χ0v) is 9.30. The third-order valence-electron chi connectivity index (χ3n) is 2.35. The maximum atomic E-state index is 12.1. The minimum Gasteiger partial charge on any atom is -0.461 e. The van der Waals surface area contributed by atoms with Crippen LogP contribution in [-0.2, 0) is 6.54 Å². The largest absolute Gasteiger partial charge is 0.461 e. The van der Waals surface area contributed by atoms with E-state index in [1.807, 2.05) is 13.8 Å². The van der Waals surface area contributed by atoms with Crippen LogP contribution in [0, 0.1) is 6.92 Å². The lowest BCUT2D eigenvalue weighted by atomic mass is 10.1. The Hall–Kier alpha value is -1.91. The molecule has 0 aliphatic rings. The van der Waals surface area contributed by atoms with Crippen LogP contribution < -0.4 is 0 Å². The first kappa shape index (κ1) is 10.6. The molecule has 0 saturated carbocycles. The van der Waals surface area contributed by atoms with Gasteiger partial charge in [0, 0.05) is 6.54 Å². The van der Waals surface area contributed by atoms with E-state index >= 15 is 0 Å². The summed E-state index contributed by atoms with van der Waals surface area (Å²) in [7, 11) is 0. The zero-order chi connectivity index (χ0) is 11.5. The maximum absolute atomic E-state index is 12.1. The SMILES string of the molecule is CCCn1nncc1C(=O)c1occc1C. The number of hydrogen-bond donors (Lipinski definition) is 0. The standard InChI is InChI=1S/C11H13N3O2/c1-3-5-14-9(7-12-13-14)10(15)11-8(2)4-6-16-11/h4,6-7H,3,5H2,1-2H3. The van der Waals surface area contributed by atoms with E-state index in [0.29, 0.717) is 18.0 Å². The van der Waals surface area contributed by atoms with Gasteiger partial charge in [0.2, 0.25) is 5.78 Å². The molecular weight excluding hydrogens is 206 g/mol. The van der Waals surface area contributed by atoms with Crippen molar-refractivity contribution in [2.75, 3.05) is 0 Å². The van der Waals surface area contributed by atoms with Crippen molar-refractivity contribution in [3.63, 3.8) is 0 Å². The Balaban J connectivity index is 2.34. The van der Waals surface area contributed by atoms with E-state index in [1.165, 1.54) is 12.5 Å². The summed E-state index contributed by atoms with van der Waals surface area (Å²) < 4.78 is 6.77. The first-order valence-corrected chi connectivity index (χ1v) is 5.21. The number of nitrogens with zero attached hydrogens (tertiary/aromatic N) is 3. The number of furan rings is 1. The van der Waals surface area contributed by atoms with Gasteiger partial charge in [-0.2, -0.15) is 0 Å². The molecule has 2 aromatic rings. The summed E-state index contributed by atoms with van der Waals surface area (Å²) in [6.07, 6.45) is 3.89. The van der Waals surface area contributed by atoms with Crippen LogP contribution in [0.5, 0.6) is 0 Å². The molecule has 5 nitrogen and oxygen atoms in total. The predicted octanol–water partition coefficient (Wildman–Crippen LogP) is 1.82. The molecule has 2 heterocycles. The highest BCUT2D eigenvalue weighted by molar-refractivity contribution is 6.06. The molecule has 5 heteroatoms. The third kappa shape index (κ3) is 1.76. The Morgan fingerprint density at radius 2 is 2.38 bits per heavy atom. The van der Waals surface area contributed by atoms with Gasteiger partial charge in [0.15, 0.2) is 5.76 Å². The van der Waals surface area contributed by atoms with E-state index in [2.05, 4.69) is 10.3 Å². The van der Waals surface area contributed by atoms with E-state index in [-0.39, 0.29) is 5.78 Å². The Labute approximate surface area is 93.1 Å². The van der Waals surface area contributed by atoms with Crippen molar-refractivity contribution in [1.82, 2.24) is 15.0 Å². The lowest BCUT2D eigenvalue weighted by molar-refractivity contribution is 0.0998. The molecule has 0 saturated heterocycles. The van der Waals surface area contributed by atoms with Gasteiger partial charge in [-0.3, -0.25) is 4.79 Å². The highest BCUT2D eigenvalue weighted by Crippen LogP contribution is 2.14. The van der Waals surface area contributed by atoms with Gasteiger partial charge < -0.3 is 4.42 Å². The van der Waals surface area contributed by atoms with E-state index in [4.69, 9.17) is 4.42 Å². The molecule has 84 valence electrons. The molecule has 0 amide bonds. The number of rotatable bonds is 4. The molecule has 0 spiro atoms. The summed E-state index contributed by atoms with van der Waals surface area (Å²) in [6.45, 7) is 4.54. The summed E-state index contributed by atoms with van der Waals surface area (Å²) in [4.78, 5) is 12.1. The normalized spacial score (nSPS) is 10.6. The van der Waals surface area contributed by atoms with Crippen LogP contribution in [0.1, 0.15) is 35.2 Å². The first-order valence-electron chi connectivity index (χ1n) is 5.21. The van der Waals surface area contributed by atoms with Crippen LogP contribution in [0.4, 0.5) is 0 Å². The molecule has 0 aliphatic carbocycles. The van der Waals surface area contributed by atoms with Crippen LogP contribution in [0.15, 0.2) is 22.9 Å². The van der Waals surface area contributed by atoms with Crippen LogP contribution >= 0.6 is 0 Å². The molecule has 0 atom stereocenters. The number of carbonyl (C=O) groups is 1. The average molecular weight is 219 g/mol. The molecule has 0 unspecified atom stereocenters. The molecule has 0 aliphatic heterocycles. The quantitative estimate of drug-likeness (QED) is 0.736. The average Bonchev–Trinajstić information content (AvgIpc) is 2.87. The molecule has 0 radical (unpaired) electrons. The smallest absolute Gasteiger partial charge is 0.248 e. The maximum Gasteiger partial charge on any atom is 0.248 e. The lowest BCUT2D eigenvalue weighted by Gasteiger charge is -2.02. The summed E-state index contributed by atoms with van der Waals surface area (Å²) >= 11 is 0. The van der Waals surface area contributed by atoms with Gasteiger partial charge in [-0.1, -0.05) is 12.1 Å². The number of aromatic nitrogens is 3. The molecule has 0 bridgehead atoms. The van der Waals surface area contributed by atoms with Gasteiger partial charge in [0.25, 0.3) is 0 Å². The van der Waals surface area contributed by atoms with Crippen molar-refractivity contribution in [2.24, 2.45) is 0 Å². The second kappa shape index (κ2) is 4.30. The molecular formula is C11H13N3O2. The minimum absolute atomic E-state index is 0.166.